The molecule has 2 heteroatoms. The Labute approximate surface area is 118 Å². The van der Waals surface area contributed by atoms with E-state index in [0.29, 0.717) is 5.41 Å². The lowest BCUT2D eigenvalue weighted by Gasteiger charge is -2.21. The van der Waals surface area contributed by atoms with Crippen LogP contribution >= 0.6 is 0 Å². The second-order valence-electron chi connectivity index (χ2n) is 5.80. The molecule has 0 aromatic heterocycles. The molecular weight excluding hydrogens is 232 g/mol. The van der Waals surface area contributed by atoms with E-state index in [0.717, 1.165) is 19.6 Å². The van der Waals surface area contributed by atoms with E-state index in [1.54, 1.807) is 0 Å². The molecule has 19 heavy (non-hydrogen) atoms. The zero-order valence-corrected chi connectivity index (χ0v) is 12.7. The van der Waals surface area contributed by atoms with Crippen LogP contribution in [-0.4, -0.2) is 19.6 Å². The van der Waals surface area contributed by atoms with Gasteiger partial charge in [-0.25, -0.2) is 0 Å². The van der Waals surface area contributed by atoms with E-state index >= 15 is 0 Å². The van der Waals surface area contributed by atoms with E-state index in [4.69, 9.17) is 0 Å². The van der Waals surface area contributed by atoms with E-state index in [9.17, 15) is 0 Å². The van der Waals surface area contributed by atoms with Crippen molar-refractivity contribution in [3.05, 3.63) is 29.8 Å². The summed E-state index contributed by atoms with van der Waals surface area (Å²) in [4.78, 5) is 2.38. The van der Waals surface area contributed by atoms with Crippen molar-refractivity contribution in [3.8, 4) is 0 Å². The molecule has 1 aromatic carbocycles. The van der Waals surface area contributed by atoms with E-state index < -0.39 is 0 Å². The molecule has 1 aromatic rings. The molecule has 0 spiro atoms. The van der Waals surface area contributed by atoms with Gasteiger partial charge in [0.1, 0.15) is 0 Å². The fraction of sp³-hybridized carbons (Fsp3) is 0.647. The number of nitrogens with zero attached hydrogens (tertiary/aromatic N) is 1. The molecule has 106 valence electrons. The Kier molecular flexibility index (Phi) is 4.87. The summed E-state index contributed by atoms with van der Waals surface area (Å²) in [7, 11) is 0. The fourth-order valence-corrected chi connectivity index (χ4v) is 2.72. The maximum Gasteiger partial charge on any atom is 0.0366 e. The number of hydrogen-bond acceptors (Lipinski definition) is 2. The molecule has 0 saturated heterocycles. The summed E-state index contributed by atoms with van der Waals surface area (Å²) in [5.74, 6) is 0. The first kappa shape index (κ1) is 14.4. The van der Waals surface area contributed by atoms with Crippen LogP contribution in [0.25, 0.3) is 0 Å². The fourth-order valence-electron chi connectivity index (χ4n) is 2.72. The van der Waals surface area contributed by atoms with Gasteiger partial charge in [0.15, 0.2) is 0 Å². The third kappa shape index (κ3) is 3.73. The number of anilines is 1. The summed E-state index contributed by atoms with van der Waals surface area (Å²) in [6.45, 7) is 11.1. The van der Waals surface area contributed by atoms with Gasteiger partial charge in [0.25, 0.3) is 0 Å². The molecule has 1 aliphatic carbocycles. The van der Waals surface area contributed by atoms with Crippen LogP contribution in [0.5, 0.6) is 0 Å². The molecule has 1 N–H and O–H groups in total. The van der Waals surface area contributed by atoms with Gasteiger partial charge in [0.05, 0.1) is 0 Å². The van der Waals surface area contributed by atoms with E-state index in [-0.39, 0.29) is 0 Å². The van der Waals surface area contributed by atoms with Crippen LogP contribution in [0.4, 0.5) is 5.69 Å². The first-order valence-electron chi connectivity index (χ1n) is 7.77. The molecule has 2 nitrogen and oxygen atoms in total. The number of rotatable bonds is 8. The molecule has 0 amide bonds. The van der Waals surface area contributed by atoms with E-state index in [1.807, 2.05) is 0 Å². The van der Waals surface area contributed by atoms with Crippen molar-refractivity contribution >= 4 is 5.69 Å². The molecule has 0 atom stereocenters. The van der Waals surface area contributed by atoms with Crippen molar-refractivity contribution in [1.29, 1.82) is 0 Å². The van der Waals surface area contributed by atoms with Crippen molar-refractivity contribution in [2.75, 3.05) is 24.5 Å². The maximum atomic E-state index is 3.62. The van der Waals surface area contributed by atoms with Crippen LogP contribution in [0.1, 0.15) is 45.6 Å². The number of benzene rings is 1. The van der Waals surface area contributed by atoms with Crippen LogP contribution in [0, 0.1) is 5.41 Å². The van der Waals surface area contributed by atoms with Crippen LogP contribution in [-0.2, 0) is 6.54 Å². The highest BCUT2D eigenvalue weighted by Gasteiger charge is 2.39. The minimum absolute atomic E-state index is 0.640. The smallest absolute Gasteiger partial charge is 0.0366 e. The largest absolute Gasteiger partial charge is 0.372 e. The first-order valence-corrected chi connectivity index (χ1v) is 7.77. The summed E-state index contributed by atoms with van der Waals surface area (Å²) in [6, 6.07) is 9.01. The maximum absolute atomic E-state index is 3.62. The molecule has 2 rings (SSSR count). The molecule has 0 unspecified atom stereocenters. The minimum Gasteiger partial charge on any atom is -0.372 e. The molecular formula is C17H28N2. The third-order valence-electron chi connectivity index (χ3n) is 4.60. The van der Waals surface area contributed by atoms with Crippen LogP contribution in [0.2, 0.25) is 0 Å². The first-order chi connectivity index (χ1) is 9.23. The molecule has 1 fully saturated rings. The highest BCUT2D eigenvalue weighted by molar-refractivity contribution is 5.47. The zero-order chi connectivity index (χ0) is 13.7. The van der Waals surface area contributed by atoms with E-state index in [2.05, 4.69) is 55.3 Å². The van der Waals surface area contributed by atoms with Gasteiger partial charge >= 0.3 is 0 Å². The van der Waals surface area contributed by atoms with Gasteiger partial charge in [-0.3, -0.25) is 0 Å². The lowest BCUT2D eigenvalue weighted by atomic mass is 10.0. The standard InChI is InChI=1S/C17H28N2/c1-4-17(11-12-17)14-18-13-15-7-9-16(10-8-15)19(5-2)6-3/h7-10,18H,4-6,11-14H2,1-3H3. The third-order valence-corrected chi connectivity index (χ3v) is 4.60. The second-order valence-corrected chi connectivity index (χ2v) is 5.80. The lowest BCUT2D eigenvalue weighted by molar-refractivity contribution is 0.443. The van der Waals surface area contributed by atoms with Gasteiger partial charge < -0.3 is 10.2 Å². The highest BCUT2D eigenvalue weighted by atomic mass is 15.1. The summed E-state index contributed by atoms with van der Waals surface area (Å²) in [5.41, 5.74) is 3.37. The normalized spacial score (nSPS) is 16.4. The van der Waals surface area contributed by atoms with Crippen molar-refractivity contribution in [2.24, 2.45) is 5.41 Å². The van der Waals surface area contributed by atoms with Crippen molar-refractivity contribution in [2.45, 2.75) is 46.6 Å². The average Bonchev–Trinajstić information content (AvgIpc) is 3.22. The average molecular weight is 260 g/mol. The summed E-state index contributed by atoms with van der Waals surface area (Å²) in [6.07, 6.45) is 4.15. The Morgan fingerprint density at radius 3 is 2.16 bits per heavy atom. The van der Waals surface area contributed by atoms with Gasteiger partial charge in [0.2, 0.25) is 0 Å². The Bertz CT molecular complexity index is 375. The van der Waals surface area contributed by atoms with Crippen molar-refractivity contribution in [1.82, 2.24) is 5.32 Å². The van der Waals surface area contributed by atoms with Gasteiger partial charge in [-0.15, -0.1) is 0 Å². The van der Waals surface area contributed by atoms with Gasteiger partial charge in [-0.1, -0.05) is 19.1 Å². The lowest BCUT2D eigenvalue weighted by Crippen LogP contribution is -2.23. The monoisotopic (exact) mass is 260 g/mol. The summed E-state index contributed by atoms with van der Waals surface area (Å²) >= 11 is 0. The molecule has 0 radical (unpaired) electrons. The summed E-state index contributed by atoms with van der Waals surface area (Å²) < 4.78 is 0. The van der Waals surface area contributed by atoms with Crippen LogP contribution < -0.4 is 10.2 Å². The zero-order valence-electron chi connectivity index (χ0n) is 12.7. The molecule has 0 heterocycles. The Morgan fingerprint density at radius 2 is 1.68 bits per heavy atom. The number of hydrogen-bond donors (Lipinski definition) is 1. The van der Waals surface area contributed by atoms with Crippen LogP contribution in [0.15, 0.2) is 24.3 Å². The Hall–Kier alpha value is -1.02. The second kappa shape index (κ2) is 6.42. The molecule has 1 saturated carbocycles. The van der Waals surface area contributed by atoms with Crippen LogP contribution in [0.3, 0.4) is 0 Å². The van der Waals surface area contributed by atoms with Gasteiger partial charge in [-0.05, 0) is 56.2 Å². The predicted molar refractivity (Wildman–Crippen MR) is 83.7 cm³/mol. The minimum atomic E-state index is 0.640. The summed E-state index contributed by atoms with van der Waals surface area (Å²) in [5, 5.41) is 3.62. The Morgan fingerprint density at radius 1 is 1.05 bits per heavy atom. The highest BCUT2D eigenvalue weighted by Crippen LogP contribution is 2.47. The Balaban J connectivity index is 1.81. The van der Waals surface area contributed by atoms with Crippen molar-refractivity contribution in [3.63, 3.8) is 0 Å². The molecule has 1 aliphatic rings. The SMILES string of the molecule is CCN(CC)c1ccc(CNCC2(CC)CC2)cc1. The van der Waals surface area contributed by atoms with Crippen molar-refractivity contribution < 1.29 is 0 Å². The van der Waals surface area contributed by atoms with Gasteiger partial charge in [0, 0.05) is 31.9 Å². The number of nitrogens with one attached hydrogen (secondary N) is 1. The quantitative estimate of drug-likeness (QED) is 0.764. The van der Waals surface area contributed by atoms with Gasteiger partial charge in [-0.2, -0.15) is 0 Å². The predicted octanol–water partition coefficient (Wildman–Crippen LogP) is 3.81. The van der Waals surface area contributed by atoms with E-state index in [1.165, 1.54) is 37.1 Å². The molecule has 0 bridgehead atoms. The molecule has 0 aliphatic heterocycles. The topological polar surface area (TPSA) is 15.3 Å².